The fraction of sp³-hybridized carbons (Fsp3) is 0.208. The van der Waals surface area contributed by atoms with Crippen LogP contribution in [0, 0.1) is 0 Å². The van der Waals surface area contributed by atoms with Crippen molar-refractivity contribution in [1.82, 2.24) is 19.9 Å². The first-order valence-corrected chi connectivity index (χ1v) is 11.0. The second kappa shape index (κ2) is 11.0. The van der Waals surface area contributed by atoms with Gasteiger partial charge in [-0.15, -0.1) is 0 Å². The number of hydrogen-bond donors (Lipinski definition) is 3. The van der Waals surface area contributed by atoms with E-state index in [-0.39, 0.29) is 12.5 Å². The quantitative estimate of drug-likeness (QED) is 0.294. The molecule has 1 amide bonds. The van der Waals surface area contributed by atoms with E-state index in [2.05, 4.69) is 20.6 Å². The minimum absolute atomic E-state index is 0.0116. The topological polar surface area (TPSA) is 111 Å². The van der Waals surface area contributed by atoms with Crippen LogP contribution in [0.1, 0.15) is 10.4 Å². The van der Waals surface area contributed by atoms with Crippen LogP contribution in [0.5, 0.6) is 11.5 Å². The molecule has 0 aliphatic rings. The van der Waals surface area contributed by atoms with Gasteiger partial charge in [-0.05, 0) is 42.5 Å². The highest BCUT2D eigenvalue weighted by atomic mass is 35.5. The van der Waals surface area contributed by atoms with Crippen molar-refractivity contribution in [1.29, 1.82) is 0 Å². The zero-order chi connectivity index (χ0) is 23.9. The molecule has 0 fully saturated rings. The molecule has 2 heterocycles. The maximum absolute atomic E-state index is 11.9. The van der Waals surface area contributed by atoms with Crippen LogP contribution in [0.25, 0.3) is 11.0 Å². The van der Waals surface area contributed by atoms with E-state index in [0.29, 0.717) is 47.7 Å². The highest BCUT2D eigenvalue weighted by molar-refractivity contribution is 6.32. The maximum Gasteiger partial charge on any atom is 0.251 e. The van der Waals surface area contributed by atoms with E-state index in [1.807, 2.05) is 22.9 Å². The first kappa shape index (κ1) is 23.5. The smallest absolute Gasteiger partial charge is 0.251 e. The molecular formula is C24H24ClN5O4. The fourth-order valence-corrected chi connectivity index (χ4v) is 3.63. The summed E-state index contributed by atoms with van der Waals surface area (Å²) >= 11 is 6.48. The van der Waals surface area contributed by atoms with Gasteiger partial charge in [-0.3, -0.25) is 4.79 Å². The third-order valence-corrected chi connectivity index (χ3v) is 5.30. The SMILES string of the molecule is CNC(=O)c1cccc(Oc2ccc(Nc3ncnc4ccn(CCOCCO)c34)cc2Cl)c1. The predicted molar refractivity (Wildman–Crippen MR) is 130 cm³/mol. The number of nitrogens with one attached hydrogen (secondary N) is 2. The number of halogens is 1. The molecule has 176 valence electrons. The minimum Gasteiger partial charge on any atom is -0.456 e. The van der Waals surface area contributed by atoms with E-state index in [1.165, 1.54) is 6.33 Å². The van der Waals surface area contributed by atoms with Gasteiger partial charge in [-0.25, -0.2) is 9.97 Å². The van der Waals surface area contributed by atoms with Crippen LogP contribution in [0.4, 0.5) is 11.5 Å². The van der Waals surface area contributed by atoms with E-state index in [9.17, 15) is 4.79 Å². The fourth-order valence-electron chi connectivity index (χ4n) is 3.41. The van der Waals surface area contributed by atoms with E-state index in [4.69, 9.17) is 26.2 Å². The number of fused-ring (bicyclic) bond motifs is 1. The van der Waals surface area contributed by atoms with Gasteiger partial charge in [0.25, 0.3) is 5.91 Å². The summed E-state index contributed by atoms with van der Waals surface area (Å²) in [5.74, 6) is 1.39. The molecular weight excluding hydrogens is 458 g/mol. The van der Waals surface area contributed by atoms with Crippen molar-refractivity contribution in [2.45, 2.75) is 6.54 Å². The number of aliphatic hydroxyl groups excluding tert-OH is 1. The highest BCUT2D eigenvalue weighted by Crippen LogP contribution is 2.33. The summed E-state index contributed by atoms with van der Waals surface area (Å²) in [5.41, 5.74) is 2.84. The molecule has 0 radical (unpaired) electrons. The van der Waals surface area contributed by atoms with Crippen molar-refractivity contribution >= 4 is 40.0 Å². The molecule has 4 aromatic rings. The Morgan fingerprint density at radius 3 is 2.82 bits per heavy atom. The van der Waals surface area contributed by atoms with Crippen LogP contribution in [-0.4, -0.2) is 52.4 Å². The molecule has 3 N–H and O–H groups in total. The normalized spacial score (nSPS) is 10.9. The summed E-state index contributed by atoms with van der Waals surface area (Å²) in [6.07, 6.45) is 3.42. The lowest BCUT2D eigenvalue weighted by Gasteiger charge is -2.13. The van der Waals surface area contributed by atoms with Gasteiger partial charge in [0, 0.05) is 31.0 Å². The lowest BCUT2D eigenvalue weighted by molar-refractivity contribution is 0.0875. The van der Waals surface area contributed by atoms with Crippen LogP contribution in [0.3, 0.4) is 0 Å². The van der Waals surface area contributed by atoms with Gasteiger partial charge in [-0.1, -0.05) is 17.7 Å². The Morgan fingerprint density at radius 1 is 1.15 bits per heavy atom. The van der Waals surface area contributed by atoms with Gasteiger partial charge in [0.05, 0.1) is 30.4 Å². The second-order valence-electron chi connectivity index (χ2n) is 7.28. The number of anilines is 2. The number of rotatable bonds is 10. The van der Waals surface area contributed by atoms with Crippen LogP contribution >= 0.6 is 11.6 Å². The van der Waals surface area contributed by atoms with Gasteiger partial charge < -0.3 is 29.8 Å². The molecule has 0 atom stereocenters. The monoisotopic (exact) mass is 481 g/mol. The van der Waals surface area contributed by atoms with Gasteiger partial charge in [-0.2, -0.15) is 0 Å². The first-order chi connectivity index (χ1) is 16.6. The van der Waals surface area contributed by atoms with Crippen molar-refractivity contribution in [2.24, 2.45) is 0 Å². The van der Waals surface area contributed by atoms with Crippen LogP contribution in [0.2, 0.25) is 5.02 Å². The second-order valence-corrected chi connectivity index (χ2v) is 7.69. The maximum atomic E-state index is 11.9. The number of carbonyl (C=O) groups is 1. The number of ether oxygens (including phenoxy) is 2. The summed E-state index contributed by atoms with van der Waals surface area (Å²) < 4.78 is 13.3. The summed E-state index contributed by atoms with van der Waals surface area (Å²) in [6.45, 7) is 1.33. The molecule has 2 aromatic heterocycles. The molecule has 0 aliphatic carbocycles. The lowest BCUT2D eigenvalue weighted by Crippen LogP contribution is -2.17. The Balaban J connectivity index is 1.52. The summed E-state index contributed by atoms with van der Waals surface area (Å²) in [5, 5.41) is 15.2. The third-order valence-electron chi connectivity index (χ3n) is 5.01. The van der Waals surface area contributed by atoms with Crippen molar-refractivity contribution in [3.8, 4) is 11.5 Å². The molecule has 0 unspecified atom stereocenters. The Morgan fingerprint density at radius 2 is 2.03 bits per heavy atom. The summed E-state index contributed by atoms with van der Waals surface area (Å²) in [4.78, 5) is 20.6. The largest absolute Gasteiger partial charge is 0.456 e. The number of aliphatic hydroxyl groups is 1. The predicted octanol–water partition coefficient (Wildman–Crippen LogP) is 3.99. The third kappa shape index (κ3) is 5.45. The van der Waals surface area contributed by atoms with Gasteiger partial charge in [0.15, 0.2) is 5.82 Å². The van der Waals surface area contributed by atoms with Gasteiger partial charge >= 0.3 is 0 Å². The Kier molecular flexibility index (Phi) is 7.58. The van der Waals surface area contributed by atoms with Crippen LogP contribution < -0.4 is 15.4 Å². The molecule has 34 heavy (non-hydrogen) atoms. The van der Waals surface area contributed by atoms with Crippen molar-refractivity contribution < 1.29 is 19.4 Å². The number of hydrogen-bond acceptors (Lipinski definition) is 7. The lowest BCUT2D eigenvalue weighted by atomic mass is 10.2. The number of nitrogens with zero attached hydrogens (tertiary/aromatic N) is 3. The van der Waals surface area contributed by atoms with Crippen LogP contribution in [-0.2, 0) is 11.3 Å². The summed E-state index contributed by atoms with van der Waals surface area (Å²) in [7, 11) is 1.58. The zero-order valence-electron chi connectivity index (χ0n) is 18.5. The highest BCUT2D eigenvalue weighted by Gasteiger charge is 2.12. The van der Waals surface area contributed by atoms with E-state index in [0.717, 1.165) is 16.7 Å². The molecule has 9 nitrogen and oxygen atoms in total. The van der Waals surface area contributed by atoms with E-state index >= 15 is 0 Å². The van der Waals surface area contributed by atoms with E-state index < -0.39 is 0 Å². The average molecular weight is 482 g/mol. The molecule has 0 saturated heterocycles. The number of benzene rings is 2. The molecule has 0 aliphatic heterocycles. The number of aromatic nitrogens is 3. The van der Waals surface area contributed by atoms with Crippen LogP contribution in [0.15, 0.2) is 61.1 Å². The standard InChI is InChI=1S/C24H24ClN5O4/c1-26-24(32)16-3-2-4-18(13-16)34-21-6-5-17(14-19(21)25)29-23-22-20(27-15-28-23)7-8-30(22)9-11-33-12-10-31/h2-8,13-15,31H,9-12H2,1H3,(H,26,32)(H,27,28,29). The molecule has 4 rings (SSSR count). The zero-order valence-corrected chi connectivity index (χ0v) is 19.2. The molecule has 0 bridgehead atoms. The van der Waals surface area contributed by atoms with Gasteiger partial charge in [0.2, 0.25) is 0 Å². The Labute approximate surface area is 201 Å². The minimum atomic E-state index is -0.197. The summed E-state index contributed by atoms with van der Waals surface area (Å²) in [6, 6.07) is 14.1. The van der Waals surface area contributed by atoms with Gasteiger partial charge in [0.1, 0.15) is 23.3 Å². The Bertz CT molecular complexity index is 1290. The first-order valence-electron chi connectivity index (χ1n) is 10.6. The Hall–Kier alpha value is -3.66. The van der Waals surface area contributed by atoms with E-state index in [1.54, 1.807) is 43.4 Å². The van der Waals surface area contributed by atoms with Crippen molar-refractivity contribution in [3.05, 3.63) is 71.6 Å². The molecule has 0 spiro atoms. The average Bonchev–Trinajstić information content (AvgIpc) is 3.27. The number of carbonyl (C=O) groups excluding carboxylic acids is 1. The van der Waals surface area contributed by atoms with Crippen molar-refractivity contribution in [3.63, 3.8) is 0 Å². The number of amides is 1. The molecule has 10 heteroatoms. The molecule has 0 saturated carbocycles. The molecule has 2 aromatic carbocycles. The van der Waals surface area contributed by atoms with Crippen molar-refractivity contribution in [2.75, 3.05) is 32.2 Å².